The quantitative estimate of drug-likeness (QED) is 0.596. The third-order valence-electron chi connectivity index (χ3n) is 0.921. The fraction of sp³-hybridized carbons (Fsp3) is 0. The highest BCUT2D eigenvalue weighted by atomic mass is 32.1. The highest BCUT2D eigenvalue weighted by Crippen LogP contribution is 1.91. The molecule has 0 atom stereocenters. The molecule has 0 aliphatic heterocycles. The van der Waals surface area contributed by atoms with Crippen molar-refractivity contribution in [3.63, 3.8) is 0 Å². The lowest BCUT2D eigenvalue weighted by atomic mass is 10.7. The Labute approximate surface area is 64.3 Å². The third-order valence-corrected chi connectivity index (χ3v) is 1.55. The topological polar surface area (TPSA) is 15.8 Å². The van der Waals surface area contributed by atoms with Gasteiger partial charge in [0.05, 0.1) is 0 Å². The van der Waals surface area contributed by atoms with Crippen LogP contribution in [0.3, 0.4) is 0 Å². The molecule has 0 saturated carbocycles. The molecule has 0 saturated heterocycles. The minimum absolute atomic E-state index is 1.71. The summed E-state index contributed by atoms with van der Waals surface area (Å²) in [4.78, 5) is 2.86. The largest absolute Gasteiger partial charge is 0.368 e. The first-order valence-electron chi connectivity index (χ1n) is 3.05. The fourth-order valence-corrected chi connectivity index (χ4v) is 0.958. The second-order valence-corrected chi connectivity index (χ2v) is 2.49. The van der Waals surface area contributed by atoms with Crippen molar-refractivity contribution < 1.29 is 0 Å². The van der Waals surface area contributed by atoms with E-state index in [-0.39, 0.29) is 0 Å². The summed E-state index contributed by atoms with van der Waals surface area (Å²) >= 11 is 1.71. The molecule has 2 rings (SSSR count). The first-order valence-corrected chi connectivity index (χ1v) is 3.99. The Kier molecular flexibility index (Phi) is 3.42. The number of aromatic amines is 1. The highest BCUT2D eigenvalue weighted by molar-refractivity contribution is 7.07. The average molecular weight is 151 g/mol. The Hall–Kier alpha value is -1.02. The molecule has 2 aromatic heterocycles. The molecule has 1 nitrogen and oxygen atoms in total. The number of thiophene rings is 1. The molecule has 0 aliphatic rings. The van der Waals surface area contributed by atoms with Crippen LogP contribution in [-0.4, -0.2) is 4.98 Å². The number of aromatic nitrogens is 1. The maximum atomic E-state index is 2.86. The minimum Gasteiger partial charge on any atom is -0.368 e. The second kappa shape index (κ2) is 4.82. The first kappa shape index (κ1) is 7.09. The van der Waals surface area contributed by atoms with Gasteiger partial charge < -0.3 is 4.98 Å². The van der Waals surface area contributed by atoms with E-state index in [1.165, 1.54) is 0 Å². The molecule has 0 fully saturated rings. The molecule has 52 valence electrons. The summed E-state index contributed by atoms with van der Waals surface area (Å²) in [5, 5.41) is 4.08. The molecule has 2 heterocycles. The molecule has 0 unspecified atom stereocenters. The van der Waals surface area contributed by atoms with Gasteiger partial charge in [0.2, 0.25) is 0 Å². The predicted molar refractivity (Wildman–Crippen MR) is 45.1 cm³/mol. The van der Waals surface area contributed by atoms with Gasteiger partial charge in [-0.25, -0.2) is 0 Å². The summed E-state index contributed by atoms with van der Waals surface area (Å²) in [7, 11) is 0. The molecule has 10 heavy (non-hydrogen) atoms. The molecule has 0 bridgehead atoms. The Morgan fingerprint density at radius 2 is 1.40 bits per heavy atom. The summed E-state index contributed by atoms with van der Waals surface area (Å²) in [5.41, 5.74) is 0. The predicted octanol–water partition coefficient (Wildman–Crippen LogP) is 2.76. The SMILES string of the molecule is c1cc[nH]c1.c1ccsc1. The van der Waals surface area contributed by atoms with Crippen LogP contribution in [0, 0.1) is 0 Å². The Morgan fingerprint density at radius 3 is 1.60 bits per heavy atom. The van der Waals surface area contributed by atoms with E-state index in [1.807, 2.05) is 47.4 Å². The fourth-order valence-electron chi connectivity index (χ4n) is 0.505. The van der Waals surface area contributed by atoms with Crippen molar-refractivity contribution in [3.05, 3.63) is 47.4 Å². The van der Waals surface area contributed by atoms with Gasteiger partial charge in [0.25, 0.3) is 0 Å². The molecule has 2 heteroatoms. The lowest BCUT2D eigenvalue weighted by Gasteiger charge is -1.49. The molecular weight excluding hydrogens is 142 g/mol. The van der Waals surface area contributed by atoms with Crippen molar-refractivity contribution in [2.45, 2.75) is 0 Å². The van der Waals surface area contributed by atoms with E-state index in [4.69, 9.17) is 0 Å². The maximum Gasteiger partial charge on any atom is 0.000496 e. The van der Waals surface area contributed by atoms with Gasteiger partial charge in [-0.3, -0.25) is 0 Å². The van der Waals surface area contributed by atoms with E-state index < -0.39 is 0 Å². The second-order valence-electron chi connectivity index (χ2n) is 1.68. The molecule has 0 aliphatic carbocycles. The lowest BCUT2D eigenvalue weighted by Crippen LogP contribution is -1.38. The smallest absolute Gasteiger partial charge is 0.000496 e. The number of hydrogen-bond acceptors (Lipinski definition) is 1. The summed E-state index contributed by atoms with van der Waals surface area (Å²) in [6.45, 7) is 0. The number of nitrogens with one attached hydrogen (secondary N) is 1. The van der Waals surface area contributed by atoms with Gasteiger partial charge >= 0.3 is 0 Å². The standard InChI is InChI=1S/C4H5N.C4H4S/c2*1-2-4-5-3-1/h1-5H;1-4H. The number of rotatable bonds is 0. The van der Waals surface area contributed by atoms with E-state index in [9.17, 15) is 0 Å². The summed E-state index contributed by atoms with van der Waals surface area (Å²) in [6, 6.07) is 7.93. The minimum atomic E-state index is 1.71. The van der Waals surface area contributed by atoms with Gasteiger partial charge in [0.1, 0.15) is 0 Å². The zero-order valence-corrected chi connectivity index (χ0v) is 6.34. The van der Waals surface area contributed by atoms with Crippen LogP contribution in [0.2, 0.25) is 0 Å². The Balaban J connectivity index is 0.0000001000. The van der Waals surface area contributed by atoms with Crippen molar-refractivity contribution in [1.82, 2.24) is 4.98 Å². The van der Waals surface area contributed by atoms with Crippen LogP contribution in [0.5, 0.6) is 0 Å². The van der Waals surface area contributed by atoms with E-state index >= 15 is 0 Å². The molecule has 0 amide bonds. The van der Waals surface area contributed by atoms with Gasteiger partial charge in [-0.15, -0.1) is 0 Å². The van der Waals surface area contributed by atoms with Crippen LogP contribution in [0.1, 0.15) is 0 Å². The maximum absolute atomic E-state index is 2.86. The van der Waals surface area contributed by atoms with Gasteiger partial charge in [0, 0.05) is 12.4 Å². The van der Waals surface area contributed by atoms with E-state index in [1.54, 1.807) is 11.3 Å². The van der Waals surface area contributed by atoms with Crippen molar-refractivity contribution in [2.24, 2.45) is 0 Å². The van der Waals surface area contributed by atoms with Gasteiger partial charge in [-0.05, 0) is 22.9 Å². The number of hydrogen-bond donors (Lipinski definition) is 1. The van der Waals surface area contributed by atoms with Crippen LogP contribution in [-0.2, 0) is 0 Å². The molecular formula is C8H9NS. The molecule has 1 N–H and O–H groups in total. The Morgan fingerprint density at radius 1 is 0.800 bits per heavy atom. The average Bonchev–Trinajstić information content (AvgIpc) is 2.67. The first-order chi connectivity index (χ1) is 5.00. The van der Waals surface area contributed by atoms with Crippen LogP contribution < -0.4 is 0 Å². The molecule has 2 aromatic rings. The van der Waals surface area contributed by atoms with Crippen LogP contribution in [0.15, 0.2) is 47.4 Å². The molecule has 0 aromatic carbocycles. The highest BCUT2D eigenvalue weighted by Gasteiger charge is 1.58. The third kappa shape index (κ3) is 3.10. The molecule has 0 radical (unpaired) electrons. The van der Waals surface area contributed by atoms with Crippen LogP contribution >= 0.6 is 11.3 Å². The number of H-pyrrole nitrogens is 1. The van der Waals surface area contributed by atoms with Crippen LogP contribution in [0.25, 0.3) is 0 Å². The normalized spacial score (nSPS) is 8.00. The zero-order chi connectivity index (χ0) is 7.07. The lowest BCUT2D eigenvalue weighted by molar-refractivity contribution is 1.42. The summed E-state index contributed by atoms with van der Waals surface area (Å²) in [5.74, 6) is 0. The molecule has 0 spiro atoms. The monoisotopic (exact) mass is 151 g/mol. The Bertz CT molecular complexity index is 148. The van der Waals surface area contributed by atoms with Crippen molar-refractivity contribution in [1.29, 1.82) is 0 Å². The van der Waals surface area contributed by atoms with Crippen molar-refractivity contribution in [2.75, 3.05) is 0 Å². The van der Waals surface area contributed by atoms with E-state index in [0.717, 1.165) is 0 Å². The van der Waals surface area contributed by atoms with E-state index in [0.29, 0.717) is 0 Å². The summed E-state index contributed by atoms with van der Waals surface area (Å²) in [6.07, 6.45) is 3.75. The van der Waals surface area contributed by atoms with E-state index in [2.05, 4.69) is 4.98 Å². The zero-order valence-electron chi connectivity index (χ0n) is 5.53. The van der Waals surface area contributed by atoms with Gasteiger partial charge in [-0.1, -0.05) is 12.1 Å². The van der Waals surface area contributed by atoms with Crippen molar-refractivity contribution in [3.8, 4) is 0 Å². The van der Waals surface area contributed by atoms with Gasteiger partial charge in [0.15, 0.2) is 0 Å². The summed E-state index contributed by atoms with van der Waals surface area (Å²) < 4.78 is 0. The van der Waals surface area contributed by atoms with Crippen molar-refractivity contribution >= 4 is 11.3 Å². The van der Waals surface area contributed by atoms with Crippen LogP contribution in [0.4, 0.5) is 0 Å². The van der Waals surface area contributed by atoms with Gasteiger partial charge in [-0.2, -0.15) is 11.3 Å².